The molecule has 0 saturated carbocycles. The minimum Gasteiger partial charge on any atom is -0.481 e. The lowest BCUT2D eigenvalue weighted by Gasteiger charge is -2.28. The summed E-state index contributed by atoms with van der Waals surface area (Å²) in [5.41, 5.74) is -1.26. The highest BCUT2D eigenvalue weighted by Crippen LogP contribution is 2.38. The predicted octanol–water partition coefficient (Wildman–Crippen LogP) is 1.89. The predicted molar refractivity (Wildman–Crippen MR) is 87.8 cm³/mol. The number of hydrogen-bond acceptors (Lipinski definition) is 3. The van der Waals surface area contributed by atoms with Gasteiger partial charge in [0.15, 0.2) is 0 Å². The van der Waals surface area contributed by atoms with Crippen LogP contribution >= 0.6 is 0 Å². The standard InChI is InChI=1S/C17H30N2O4/c1-12(2)17(15(22)23)8-10-19(11-17)13(20)7-6-9-18-14(21)16(3,4)5/h12H,6-11H2,1-5H3,(H,18,21)(H,22,23). The van der Waals surface area contributed by atoms with E-state index >= 15 is 0 Å². The first-order valence-electron chi connectivity index (χ1n) is 8.30. The first-order valence-corrected chi connectivity index (χ1v) is 8.30. The van der Waals surface area contributed by atoms with Crippen LogP contribution in [0.2, 0.25) is 0 Å². The number of likely N-dealkylation sites (tertiary alicyclic amines) is 1. The summed E-state index contributed by atoms with van der Waals surface area (Å²) < 4.78 is 0. The molecule has 1 rings (SSSR count). The van der Waals surface area contributed by atoms with Crippen molar-refractivity contribution in [3.05, 3.63) is 0 Å². The highest BCUT2D eigenvalue weighted by atomic mass is 16.4. The summed E-state index contributed by atoms with van der Waals surface area (Å²) in [6.45, 7) is 10.6. The third-order valence-electron chi connectivity index (χ3n) is 4.72. The zero-order valence-electron chi connectivity index (χ0n) is 14.9. The highest BCUT2D eigenvalue weighted by molar-refractivity contribution is 5.82. The van der Waals surface area contributed by atoms with E-state index in [4.69, 9.17) is 0 Å². The maximum atomic E-state index is 12.2. The number of carbonyl (C=O) groups excluding carboxylic acids is 2. The summed E-state index contributed by atoms with van der Waals surface area (Å²) in [6.07, 6.45) is 1.41. The second-order valence-corrected chi connectivity index (χ2v) is 7.79. The fraction of sp³-hybridized carbons (Fsp3) is 0.824. The second-order valence-electron chi connectivity index (χ2n) is 7.79. The van der Waals surface area contributed by atoms with Crippen LogP contribution in [0.4, 0.5) is 0 Å². The summed E-state index contributed by atoms with van der Waals surface area (Å²) in [7, 11) is 0. The Balaban J connectivity index is 2.43. The molecule has 23 heavy (non-hydrogen) atoms. The molecule has 2 amide bonds. The SMILES string of the molecule is CC(C)C1(C(=O)O)CCN(C(=O)CCCNC(=O)C(C)(C)C)C1. The van der Waals surface area contributed by atoms with Gasteiger partial charge in [0.05, 0.1) is 5.41 Å². The van der Waals surface area contributed by atoms with Gasteiger partial charge in [0, 0.05) is 31.5 Å². The summed E-state index contributed by atoms with van der Waals surface area (Å²) in [5, 5.41) is 12.3. The molecular formula is C17H30N2O4. The molecule has 2 N–H and O–H groups in total. The molecule has 0 aromatic rings. The van der Waals surface area contributed by atoms with E-state index in [2.05, 4.69) is 5.32 Å². The van der Waals surface area contributed by atoms with E-state index in [1.165, 1.54) is 0 Å². The number of nitrogens with zero attached hydrogens (tertiary/aromatic N) is 1. The van der Waals surface area contributed by atoms with Crippen molar-refractivity contribution in [1.82, 2.24) is 10.2 Å². The van der Waals surface area contributed by atoms with E-state index in [9.17, 15) is 19.5 Å². The lowest BCUT2D eigenvalue weighted by molar-refractivity contribution is -0.151. The van der Waals surface area contributed by atoms with E-state index in [-0.39, 0.29) is 24.3 Å². The molecule has 0 radical (unpaired) electrons. The maximum Gasteiger partial charge on any atom is 0.311 e. The number of aliphatic carboxylic acids is 1. The third kappa shape index (κ3) is 4.69. The van der Waals surface area contributed by atoms with E-state index < -0.39 is 16.8 Å². The zero-order chi connectivity index (χ0) is 17.8. The molecule has 0 aromatic heterocycles. The Morgan fingerprint density at radius 3 is 2.30 bits per heavy atom. The van der Waals surface area contributed by atoms with Gasteiger partial charge in [-0.15, -0.1) is 0 Å². The number of carbonyl (C=O) groups is 3. The number of rotatable bonds is 6. The first-order chi connectivity index (χ1) is 10.5. The smallest absolute Gasteiger partial charge is 0.311 e. The monoisotopic (exact) mass is 326 g/mol. The quantitative estimate of drug-likeness (QED) is 0.730. The van der Waals surface area contributed by atoms with Crippen molar-refractivity contribution >= 4 is 17.8 Å². The number of carboxylic acid groups (broad SMARTS) is 1. The Labute approximate surface area is 138 Å². The van der Waals surface area contributed by atoms with Crippen LogP contribution in [0.25, 0.3) is 0 Å². The van der Waals surface area contributed by atoms with Crippen molar-refractivity contribution < 1.29 is 19.5 Å². The van der Waals surface area contributed by atoms with Crippen LogP contribution < -0.4 is 5.32 Å². The highest BCUT2D eigenvalue weighted by Gasteiger charge is 2.48. The van der Waals surface area contributed by atoms with Crippen molar-refractivity contribution in [1.29, 1.82) is 0 Å². The average molecular weight is 326 g/mol. The van der Waals surface area contributed by atoms with Gasteiger partial charge in [-0.1, -0.05) is 34.6 Å². The molecular weight excluding hydrogens is 296 g/mol. The van der Waals surface area contributed by atoms with Gasteiger partial charge < -0.3 is 15.3 Å². The number of nitrogens with one attached hydrogen (secondary N) is 1. The molecule has 1 saturated heterocycles. The summed E-state index contributed by atoms with van der Waals surface area (Å²) in [4.78, 5) is 37.2. The van der Waals surface area contributed by atoms with Crippen molar-refractivity contribution in [3.63, 3.8) is 0 Å². The Morgan fingerprint density at radius 1 is 1.26 bits per heavy atom. The van der Waals surface area contributed by atoms with Crippen molar-refractivity contribution in [2.75, 3.05) is 19.6 Å². The van der Waals surface area contributed by atoms with Crippen molar-refractivity contribution in [2.24, 2.45) is 16.7 Å². The van der Waals surface area contributed by atoms with Gasteiger partial charge in [-0.2, -0.15) is 0 Å². The Bertz CT molecular complexity index is 468. The van der Waals surface area contributed by atoms with E-state index in [1.54, 1.807) is 4.90 Å². The van der Waals surface area contributed by atoms with Gasteiger partial charge in [0.2, 0.25) is 11.8 Å². The van der Waals surface area contributed by atoms with Crippen LogP contribution in [0.5, 0.6) is 0 Å². The molecule has 1 atom stereocenters. The van der Waals surface area contributed by atoms with Gasteiger partial charge in [-0.05, 0) is 18.8 Å². The van der Waals surface area contributed by atoms with E-state index in [0.29, 0.717) is 32.4 Å². The van der Waals surface area contributed by atoms with Gasteiger partial charge in [-0.3, -0.25) is 14.4 Å². The molecule has 132 valence electrons. The molecule has 0 spiro atoms. The summed E-state index contributed by atoms with van der Waals surface area (Å²) in [5.74, 6) is -0.890. The molecule has 0 aliphatic carbocycles. The average Bonchev–Trinajstić information content (AvgIpc) is 2.88. The van der Waals surface area contributed by atoms with Gasteiger partial charge >= 0.3 is 5.97 Å². The van der Waals surface area contributed by atoms with Crippen LogP contribution in [0.3, 0.4) is 0 Å². The topological polar surface area (TPSA) is 86.7 Å². The van der Waals surface area contributed by atoms with Gasteiger partial charge in [0.25, 0.3) is 0 Å². The largest absolute Gasteiger partial charge is 0.481 e. The molecule has 1 unspecified atom stereocenters. The Morgan fingerprint density at radius 2 is 1.87 bits per heavy atom. The summed E-state index contributed by atoms with van der Waals surface area (Å²) in [6, 6.07) is 0. The van der Waals surface area contributed by atoms with Gasteiger partial charge in [-0.25, -0.2) is 0 Å². The molecule has 6 heteroatoms. The van der Waals surface area contributed by atoms with E-state index in [1.807, 2.05) is 34.6 Å². The van der Waals surface area contributed by atoms with Crippen LogP contribution in [0.15, 0.2) is 0 Å². The van der Waals surface area contributed by atoms with Crippen LogP contribution in [0.1, 0.15) is 53.9 Å². The second kappa shape index (κ2) is 7.32. The molecule has 1 aliphatic rings. The molecule has 0 bridgehead atoms. The Hall–Kier alpha value is -1.59. The maximum absolute atomic E-state index is 12.2. The summed E-state index contributed by atoms with van der Waals surface area (Å²) >= 11 is 0. The fourth-order valence-corrected chi connectivity index (χ4v) is 2.80. The van der Waals surface area contributed by atoms with Crippen molar-refractivity contribution in [3.8, 4) is 0 Å². The Kier molecular flexibility index (Phi) is 6.19. The minimum atomic E-state index is -0.823. The first kappa shape index (κ1) is 19.5. The molecule has 6 nitrogen and oxygen atoms in total. The van der Waals surface area contributed by atoms with Crippen LogP contribution in [-0.2, 0) is 14.4 Å². The van der Waals surface area contributed by atoms with Crippen molar-refractivity contribution in [2.45, 2.75) is 53.9 Å². The fourth-order valence-electron chi connectivity index (χ4n) is 2.80. The number of amides is 2. The number of carboxylic acids is 1. The molecule has 1 aliphatic heterocycles. The zero-order valence-corrected chi connectivity index (χ0v) is 14.9. The minimum absolute atomic E-state index is 0.0103. The lowest BCUT2D eigenvalue weighted by Crippen LogP contribution is -2.40. The third-order valence-corrected chi connectivity index (χ3v) is 4.72. The molecule has 1 heterocycles. The van der Waals surface area contributed by atoms with Crippen LogP contribution in [0, 0.1) is 16.7 Å². The lowest BCUT2D eigenvalue weighted by atomic mass is 9.76. The number of hydrogen-bond donors (Lipinski definition) is 2. The van der Waals surface area contributed by atoms with Crippen LogP contribution in [-0.4, -0.2) is 47.4 Å². The molecule has 1 fully saturated rings. The van der Waals surface area contributed by atoms with E-state index in [0.717, 1.165) is 0 Å². The normalized spacial score (nSPS) is 21.6. The van der Waals surface area contributed by atoms with Gasteiger partial charge in [0.1, 0.15) is 0 Å². The molecule has 0 aromatic carbocycles.